The number of carbonyl (C=O) groups is 1. The van der Waals surface area contributed by atoms with Crippen molar-refractivity contribution in [1.29, 1.82) is 0 Å². The van der Waals surface area contributed by atoms with Gasteiger partial charge in [0.05, 0.1) is 25.4 Å². The quantitative estimate of drug-likeness (QED) is 0.0294. The topological polar surface area (TPSA) is 169 Å². The molecular formula is C52H103NO9. The van der Waals surface area contributed by atoms with Crippen molar-refractivity contribution in [2.75, 3.05) is 13.2 Å². The minimum Gasteiger partial charge on any atom is -0.394 e. The molecule has 1 amide bonds. The second-order valence-electron chi connectivity index (χ2n) is 19.2. The number of ether oxygens (including phenoxy) is 2. The third-order valence-electron chi connectivity index (χ3n) is 13.3. The highest BCUT2D eigenvalue weighted by molar-refractivity contribution is 5.76. The van der Waals surface area contributed by atoms with Crippen molar-refractivity contribution in [2.45, 2.75) is 313 Å². The normalized spacial score (nSPS) is 20.7. The van der Waals surface area contributed by atoms with Crippen LogP contribution in [0.15, 0.2) is 0 Å². The minimum atomic E-state index is -1.60. The molecule has 1 heterocycles. The molecule has 1 aliphatic rings. The Kier molecular flexibility index (Phi) is 40.8. The fourth-order valence-corrected chi connectivity index (χ4v) is 8.97. The lowest BCUT2D eigenvalue weighted by atomic mass is 9.98. The standard InChI is InChI=1S/C52H103NO9/c1-3-5-7-9-11-13-14-15-16-17-18-19-20-21-22-23-24-25-26-27-28-29-30-31-32-33-35-37-39-41-47(56)53-44(43-61-52-51(60)50(59)49(58)46(42-54)62-52)48(57)45(55)40-38-36-34-12-10-8-6-4-2/h44-46,48-52,54-55,57-60H,3-43H2,1-2H3,(H,53,56)/t44-,45+,46+,48-,49-,50?,51?,52+/m0/s1. The number of hydrogen-bond acceptors (Lipinski definition) is 9. The van der Waals surface area contributed by atoms with Gasteiger partial charge in [-0.05, 0) is 12.8 Å². The summed E-state index contributed by atoms with van der Waals surface area (Å²) in [6.07, 6.45) is 38.8. The lowest BCUT2D eigenvalue weighted by molar-refractivity contribution is -0.303. The molecule has 0 radical (unpaired) electrons. The first-order valence-corrected chi connectivity index (χ1v) is 26.8. The third-order valence-corrected chi connectivity index (χ3v) is 13.3. The fraction of sp³-hybridized carbons (Fsp3) is 0.981. The van der Waals surface area contributed by atoms with E-state index in [4.69, 9.17) is 9.47 Å². The fourth-order valence-electron chi connectivity index (χ4n) is 8.97. The average Bonchev–Trinajstić information content (AvgIpc) is 3.27. The van der Waals surface area contributed by atoms with Gasteiger partial charge >= 0.3 is 0 Å². The Bertz CT molecular complexity index is 957. The molecule has 1 rings (SSSR count). The molecule has 10 nitrogen and oxygen atoms in total. The van der Waals surface area contributed by atoms with Gasteiger partial charge in [-0.3, -0.25) is 4.79 Å². The molecular weight excluding hydrogens is 783 g/mol. The maximum Gasteiger partial charge on any atom is 0.220 e. The van der Waals surface area contributed by atoms with Gasteiger partial charge in [-0.1, -0.05) is 245 Å². The monoisotopic (exact) mass is 886 g/mol. The van der Waals surface area contributed by atoms with Crippen LogP contribution in [0.4, 0.5) is 0 Å². The number of aliphatic hydroxyl groups excluding tert-OH is 6. The van der Waals surface area contributed by atoms with E-state index in [2.05, 4.69) is 19.2 Å². The second kappa shape index (κ2) is 42.8. The molecule has 1 aliphatic heterocycles. The van der Waals surface area contributed by atoms with Gasteiger partial charge in [0.1, 0.15) is 30.5 Å². The molecule has 7 N–H and O–H groups in total. The summed E-state index contributed by atoms with van der Waals surface area (Å²) >= 11 is 0. The molecule has 0 saturated carbocycles. The number of nitrogens with one attached hydrogen (secondary N) is 1. The molecule has 0 bridgehead atoms. The molecule has 62 heavy (non-hydrogen) atoms. The van der Waals surface area contributed by atoms with Crippen LogP contribution in [-0.4, -0.2) is 98.7 Å². The van der Waals surface area contributed by atoms with Crippen molar-refractivity contribution in [3.05, 3.63) is 0 Å². The number of carbonyl (C=O) groups excluding carboxylic acids is 1. The van der Waals surface area contributed by atoms with Crippen LogP contribution in [0.1, 0.15) is 264 Å². The molecule has 0 aliphatic carbocycles. The van der Waals surface area contributed by atoms with Crippen molar-refractivity contribution < 1.29 is 44.9 Å². The van der Waals surface area contributed by atoms with Gasteiger partial charge in [-0.2, -0.15) is 0 Å². The van der Waals surface area contributed by atoms with Crippen LogP contribution in [0.25, 0.3) is 0 Å². The molecule has 370 valence electrons. The van der Waals surface area contributed by atoms with Crippen LogP contribution in [0, 0.1) is 0 Å². The largest absolute Gasteiger partial charge is 0.394 e. The first-order valence-electron chi connectivity index (χ1n) is 26.8. The zero-order chi connectivity index (χ0) is 45.3. The smallest absolute Gasteiger partial charge is 0.220 e. The summed E-state index contributed by atoms with van der Waals surface area (Å²) < 4.78 is 11.2. The Labute approximate surface area is 381 Å². The summed E-state index contributed by atoms with van der Waals surface area (Å²) in [6.45, 7) is 3.59. The van der Waals surface area contributed by atoms with Crippen molar-refractivity contribution in [3.63, 3.8) is 0 Å². The van der Waals surface area contributed by atoms with E-state index in [1.807, 2.05) is 0 Å². The number of rotatable bonds is 46. The van der Waals surface area contributed by atoms with E-state index in [1.54, 1.807) is 0 Å². The third kappa shape index (κ3) is 31.9. The van der Waals surface area contributed by atoms with Crippen LogP contribution < -0.4 is 5.32 Å². The van der Waals surface area contributed by atoms with Gasteiger partial charge < -0.3 is 45.4 Å². The number of hydrogen-bond donors (Lipinski definition) is 7. The Morgan fingerprint density at radius 2 is 0.839 bits per heavy atom. The summed E-state index contributed by atoms with van der Waals surface area (Å²) in [4.78, 5) is 13.0. The minimum absolute atomic E-state index is 0.254. The zero-order valence-electron chi connectivity index (χ0n) is 40.5. The number of aliphatic hydroxyl groups is 6. The van der Waals surface area contributed by atoms with Gasteiger partial charge in [-0.25, -0.2) is 0 Å². The van der Waals surface area contributed by atoms with Crippen LogP contribution >= 0.6 is 0 Å². The number of amides is 1. The molecule has 2 unspecified atom stereocenters. The van der Waals surface area contributed by atoms with Crippen LogP contribution in [0.5, 0.6) is 0 Å². The van der Waals surface area contributed by atoms with E-state index < -0.39 is 55.6 Å². The van der Waals surface area contributed by atoms with Crippen LogP contribution in [-0.2, 0) is 14.3 Å². The molecule has 0 aromatic rings. The maximum atomic E-state index is 13.0. The summed E-state index contributed by atoms with van der Waals surface area (Å²) in [6, 6.07) is -0.984. The van der Waals surface area contributed by atoms with Crippen molar-refractivity contribution in [2.24, 2.45) is 0 Å². The highest BCUT2D eigenvalue weighted by Crippen LogP contribution is 2.23. The van der Waals surface area contributed by atoms with E-state index in [1.165, 1.54) is 193 Å². The van der Waals surface area contributed by atoms with E-state index in [9.17, 15) is 35.4 Å². The van der Waals surface area contributed by atoms with E-state index in [0.29, 0.717) is 6.42 Å². The zero-order valence-corrected chi connectivity index (χ0v) is 40.5. The van der Waals surface area contributed by atoms with Crippen molar-refractivity contribution in [1.82, 2.24) is 5.32 Å². The molecule has 0 spiro atoms. The van der Waals surface area contributed by atoms with Gasteiger partial charge in [0.25, 0.3) is 0 Å². The molecule has 0 aromatic carbocycles. The highest BCUT2D eigenvalue weighted by atomic mass is 16.7. The SMILES string of the molecule is CCCCCCCCCCCCCCCCCCCCCCCCCCCCCCCC(=O)N[C@@H](CO[C@@H]1O[C@H](CO)[C@H](O)C(O)C1O)[C@H](O)[C@H](O)CCCCCCCCCC. The first kappa shape index (κ1) is 59.2. The highest BCUT2D eigenvalue weighted by Gasteiger charge is 2.44. The Morgan fingerprint density at radius 1 is 0.500 bits per heavy atom. The summed E-state index contributed by atoms with van der Waals surface area (Å²) in [5, 5.41) is 65.1. The van der Waals surface area contributed by atoms with Crippen LogP contribution in [0.3, 0.4) is 0 Å². The first-order chi connectivity index (χ1) is 30.3. The maximum absolute atomic E-state index is 13.0. The van der Waals surface area contributed by atoms with Gasteiger partial charge in [0.15, 0.2) is 6.29 Å². The summed E-state index contributed by atoms with van der Waals surface area (Å²) in [5.74, 6) is -0.254. The predicted molar refractivity (Wildman–Crippen MR) is 255 cm³/mol. The lowest BCUT2D eigenvalue weighted by Crippen LogP contribution is -2.60. The molecule has 1 saturated heterocycles. The Balaban J connectivity index is 2.13. The molecule has 10 heteroatoms. The summed E-state index contributed by atoms with van der Waals surface area (Å²) in [5.41, 5.74) is 0. The lowest BCUT2D eigenvalue weighted by Gasteiger charge is -2.40. The van der Waals surface area contributed by atoms with Crippen LogP contribution in [0.2, 0.25) is 0 Å². The second-order valence-corrected chi connectivity index (χ2v) is 19.2. The number of unbranched alkanes of at least 4 members (excludes halogenated alkanes) is 35. The summed E-state index contributed by atoms with van der Waals surface area (Å²) in [7, 11) is 0. The van der Waals surface area contributed by atoms with E-state index in [-0.39, 0.29) is 18.9 Å². The van der Waals surface area contributed by atoms with Gasteiger partial charge in [0, 0.05) is 6.42 Å². The average molecular weight is 886 g/mol. The van der Waals surface area contributed by atoms with Crippen molar-refractivity contribution >= 4 is 5.91 Å². The Hall–Kier alpha value is -0.850. The van der Waals surface area contributed by atoms with E-state index >= 15 is 0 Å². The van der Waals surface area contributed by atoms with E-state index in [0.717, 1.165) is 44.9 Å². The van der Waals surface area contributed by atoms with Gasteiger partial charge in [-0.15, -0.1) is 0 Å². The van der Waals surface area contributed by atoms with Gasteiger partial charge in [0.2, 0.25) is 5.91 Å². The Morgan fingerprint density at radius 3 is 1.19 bits per heavy atom. The molecule has 8 atom stereocenters. The molecule has 1 fully saturated rings. The predicted octanol–water partition coefficient (Wildman–Crippen LogP) is 11.3. The molecule has 0 aromatic heterocycles. The van der Waals surface area contributed by atoms with Crippen molar-refractivity contribution in [3.8, 4) is 0 Å².